The van der Waals surface area contributed by atoms with Crippen LogP contribution in [-0.4, -0.2) is 56.9 Å². The van der Waals surface area contributed by atoms with Crippen LogP contribution in [-0.2, 0) is 0 Å². The van der Waals surface area contributed by atoms with Crippen LogP contribution in [0.4, 0.5) is 13.2 Å². The number of rotatable bonds is 4. The van der Waals surface area contributed by atoms with E-state index in [2.05, 4.69) is 10.2 Å². The van der Waals surface area contributed by atoms with E-state index < -0.39 is 12.2 Å². The van der Waals surface area contributed by atoms with Crippen molar-refractivity contribution in [1.29, 1.82) is 0 Å². The molecule has 7 nitrogen and oxygen atoms in total. The number of hydrogen-bond donors (Lipinski definition) is 1. The van der Waals surface area contributed by atoms with Gasteiger partial charge >= 0.3 is 6.18 Å². The Labute approximate surface area is 200 Å². The molecule has 1 aromatic carbocycles. The Balaban J connectivity index is 0.00000274. The molecule has 5 rings (SSSR count). The number of halogens is 4. The minimum Gasteiger partial charge on any atom is -0.496 e. The second kappa shape index (κ2) is 9.01. The Morgan fingerprint density at radius 2 is 1.88 bits per heavy atom. The van der Waals surface area contributed by atoms with E-state index in [1.807, 2.05) is 25.1 Å². The van der Waals surface area contributed by atoms with Crippen LogP contribution >= 0.6 is 12.4 Å². The maximum absolute atomic E-state index is 14.1. The molecule has 0 aliphatic carbocycles. The molecule has 1 aliphatic heterocycles. The molecule has 34 heavy (non-hydrogen) atoms. The third-order valence-electron chi connectivity index (χ3n) is 6.19. The lowest BCUT2D eigenvalue weighted by molar-refractivity contribution is -0.183. The van der Waals surface area contributed by atoms with Gasteiger partial charge in [-0.2, -0.15) is 13.2 Å². The van der Waals surface area contributed by atoms with Crippen LogP contribution in [0.5, 0.6) is 5.75 Å². The molecule has 180 valence electrons. The van der Waals surface area contributed by atoms with E-state index in [1.165, 1.54) is 17.2 Å². The number of aryl methyl sites for hydroxylation is 1. The number of pyridine rings is 2. The Morgan fingerprint density at radius 3 is 2.56 bits per heavy atom. The van der Waals surface area contributed by atoms with E-state index in [9.17, 15) is 13.2 Å². The van der Waals surface area contributed by atoms with E-state index in [-0.39, 0.29) is 30.6 Å². The Morgan fingerprint density at radius 1 is 1.12 bits per heavy atom. The number of methoxy groups -OCH3 is 1. The summed E-state index contributed by atoms with van der Waals surface area (Å²) in [5.74, 6) is 1.08. The molecule has 0 unspecified atom stereocenters. The molecule has 0 saturated carbocycles. The van der Waals surface area contributed by atoms with Crippen LogP contribution in [0.2, 0.25) is 0 Å². The van der Waals surface area contributed by atoms with Crippen LogP contribution < -0.4 is 10.5 Å². The summed E-state index contributed by atoms with van der Waals surface area (Å²) in [5.41, 5.74) is 8.56. The lowest BCUT2D eigenvalue weighted by Gasteiger charge is -2.30. The molecule has 1 saturated heterocycles. The van der Waals surface area contributed by atoms with Gasteiger partial charge in [0.1, 0.15) is 17.5 Å². The summed E-state index contributed by atoms with van der Waals surface area (Å²) < 4.78 is 49.2. The topological polar surface area (TPSA) is 81.6 Å². The zero-order valence-electron chi connectivity index (χ0n) is 18.6. The molecule has 0 spiro atoms. The highest BCUT2D eigenvalue weighted by molar-refractivity contribution is 5.86. The first-order chi connectivity index (χ1) is 15.8. The number of aromatic nitrogens is 4. The molecule has 1 aliphatic rings. The van der Waals surface area contributed by atoms with E-state index in [0.29, 0.717) is 35.9 Å². The van der Waals surface area contributed by atoms with E-state index in [4.69, 9.17) is 15.5 Å². The van der Waals surface area contributed by atoms with Gasteiger partial charge in [0.25, 0.3) is 0 Å². The number of likely N-dealkylation sites (tertiary alicyclic amines) is 1. The average molecular weight is 493 g/mol. The highest BCUT2D eigenvalue weighted by atomic mass is 35.5. The summed E-state index contributed by atoms with van der Waals surface area (Å²) in [7, 11) is 1.59. The summed E-state index contributed by atoms with van der Waals surface area (Å²) in [4.78, 5) is 6.12. The van der Waals surface area contributed by atoms with Gasteiger partial charge in [0, 0.05) is 36.3 Å². The molecule has 1 fully saturated rings. The molecule has 0 bridgehead atoms. The van der Waals surface area contributed by atoms with Crippen molar-refractivity contribution in [3.05, 3.63) is 53.7 Å². The first-order valence-electron chi connectivity index (χ1n) is 10.6. The number of nitrogens with two attached hydrogens (primary N) is 1. The Kier molecular flexibility index (Phi) is 6.41. The third kappa shape index (κ3) is 4.17. The second-order valence-electron chi connectivity index (χ2n) is 8.36. The molecule has 0 radical (unpaired) electrons. The molecule has 3 aromatic heterocycles. The van der Waals surface area contributed by atoms with Crippen molar-refractivity contribution >= 4 is 29.0 Å². The van der Waals surface area contributed by atoms with Gasteiger partial charge in [0.2, 0.25) is 0 Å². The van der Waals surface area contributed by atoms with Crippen molar-refractivity contribution in [2.45, 2.75) is 31.6 Å². The molecule has 4 heterocycles. The predicted molar refractivity (Wildman–Crippen MR) is 125 cm³/mol. The molecular weight excluding hydrogens is 469 g/mol. The lowest BCUT2D eigenvalue weighted by Crippen LogP contribution is -2.38. The first kappa shape index (κ1) is 24.2. The molecular formula is C23H24ClF3N6O. The summed E-state index contributed by atoms with van der Waals surface area (Å²) in [6.45, 7) is 2.41. The fourth-order valence-electron chi connectivity index (χ4n) is 4.56. The van der Waals surface area contributed by atoms with Gasteiger partial charge in [-0.15, -0.1) is 22.6 Å². The van der Waals surface area contributed by atoms with Crippen molar-refractivity contribution in [2.75, 3.05) is 20.2 Å². The average Bonchev–Trinajstić information content (AvgIpc) is 3.39. The number of nitrogens with zero attached hydrogens (tertiary/aromatic N) is 5. The molecule has 4 aromatic rings. The molecule has 11 heteroatoms. The quantitative estimate of drug-likeness (QED) is 0.457. The van der Waals surface area contributed by atoms with Crippen LogP contribution in [0.15, 0.2) is 42.6 Å². The lowest BCUT2D eigenvalue weighted by atomic mass is 10.1. The van der Waals surface area contributed by atoms with E-state index in [1.54, 1.807) is 23.6 Å². The fourth-order valence-corrected chi connectivity index (χ4v) is 4.56. The SMILES string of the molecule is COc1ccc2ccc(-c3nnc4ccc([C@@H](N5CC[C@H](N)C5)C(F)(F)F)cn34)nc2c1C.Cl. The van der Waals surface area contributed by atoms with Crippen molar-refractivity contribution < 1.29 is 17.9 Å². The van der Waals surface area contributed by atoms with Crippen molar-refractivity contribution in [3.63, 3.8) is 0 Å². The van der Waals surface area contributed by atoms with Crippen LogP contribution in [0.3, 0.4) is 0 Å². The Hall–Kier alpha value is -2.95. The summed E-state index contributed by atoms with van der Waals surface area (Å²) >= 11 is 0. The van der Waals surface area contributed by atoms with E-state index in [0.717, 1.165) is 16.5 Å². The number of fused-ring (bicyclic) bond motifs is 2. The van der Waals surface area contributed by atoms with Gasteiger partial charge in [-0.1, -0.05) is 12.1 Å². The van der Waals surface area contributed by atoms with Gasteiger partial charge < -0.3 is 10.5 Å². The third-order valence-corrected chi connectivity index (χ3v) is 6.19. The van der Waals surface area contributed by atoms with Crippen molar-refractivity contribution in [2.24, 2.45) is 5.73 Å². The largest absolute Gasteiger partial charge is 0.496 e. The van der Waals surface area contributed by atoms with Crippen molar-refractivity contribution in [1.82, 2.24) is 24.5 Å². The summed E-state index contributed by atoms with van der Waals surface area (Å²) in [5, 5.41) is 9.28. The van der Waals surface area contributed by atoms with E-state index >= 15 is 0 Å². The normalized spacial score (nSPS) is 17.8. The van der Waals surface area contributed by atoms with Crippen LogP contribution in [0.25, 0.3) is 28.1 Å². The first-order valence-corrected chi connectivity index (χ1v) is 10.6. The maximum Gasteiger partial charge on any atom is 0.408 e. The maximum atomic E-state index is 14.1. The zero-order chi connectivity index (χ0) is 23.3. The molecule has 0 amide bonds. The second-order valence-corrected chi connectivity index (χ2v) is 8.36. The van der Waals surface area contributed by atoms with Crippen LogP contribution in [0.1, 0.15) is 23.6 Å². The minimum absolute atomic E-state index is 0. The van der Waals surface area contributed by atoms with Gasteiger partial charge in [-0.25, -0.2) is 4.98 Å². The smallest absolute Gasteiger partial charge is 0.408 e. The number of benzene rings is 1. The number of ether oxygens (including phenoxy) is 1. The van der Waals surface area contributed by atoms with Gasteiger partial charge in [-0.3, -0.25) is 9.30 Å². The predicted octanol–water partition coefficient (Wildman–Crippen LogP) is 4.32. The number of hydrogen-bond acceptors (Lipinski definition) is 6. The van der Waals surface area contributed by atoms with Crippen molar-refractivity contribution in [3.8, 4) is 17.3 Å². The fraction of sp³-hybridized carbons (Fsp3) is 0.348. The van der Waals surface area contributed by atoms with Gasteiger partial charge in [0.05, 0.1) is 12.6 Å². The van der Waals surface area contributed by atoms with Gasteiger partial charge in [0.15, 0.2) is 11.5 Å². The molecule has 2 atom stereocenters. The zero-order valence-corrected chi connectivity index (χ0v) is 19.4. The molecule has 2 N–H and O–H groups in total. The highest BCUT2D eigenvalue weighted by Gasteiger charge is 2.46. The highest BCUT2D eigenvalue weighted by Crippen LogP contribution is 2.39. The summed E-state index contributed by atoms with van der Waals surface area (Å²) in [6, 6.07) is 8.48. The Bertz CT molecular complexity index is 1340. The standard InChI is InChI=1S/C23H23F3N6O.ClH/c1-13-18(33-2)7-4-14-3-6-17(28-20(13)14)22-30-29-19-8-5-15(11-32(19)22)21(23(24,25)26)31-10-9-16(27)12-31;/h3-8,11,16,21H,9-10,12,27H2,1-2H3;1H/t16-,21+;/m0./s1. The monoisotopic (exact) mass is 492 g/mol. The van der Waals surface area contributed by atoms with Crippen LogP contribution in [0, 0.1) is 6.92 Å². The number of alkyl halides is 3. The summed E-state index contributed by atoms with van der Waals surface area (Å²) in [6.07, 6.45) is -2.45. The van der Waals surface area contributed by atoms with Gasteiger partial charge in [-0.05, 0) is 43.2 Å². The minimum atomic E-state index is -4.44.